The van der Waals surface area contributed by atoms with Gasteiger partial charge in [-0.25, -0.2) is 14.2 Å². The molecule has 0 bridgehead atoms. The Kier molecular flexibility index (Phi) is 8.04. The zero-order valence-electron chi connectivity index (χ0n) is 21.3. The molecule has 200 valence electrons. The Labute approximate surface area is 218 Å². The third kappa shape index (κ3) is 5.82. The topological polar surface area (TPSA) is 144 Å². The molecule has 0 saturated heterocycles. The van der Waals surface area contributed by atoms with Gasteiger partial charge in [0.25, 0.3) is 0 Å². The van der Waals surface area contributed by atoms with Gasteiger partial charge in [0.1, 0.15) is 29.0 Å². The number of hydrogen-bond donors (Lipinski definition) is 3. The maximum atomic E-state index is 14.0. The van der Waals surface area contributed by atoms with Crippen molar-refractivity contribution in [2.75, 3.05) is 10.6 Å². The van der Waals surface area contributed by atoms with Crippen molar-refractivity contribution in [3.05, 3.63) is 59.2 Å². The number of halogens is 1. The summed E-state index contributed by atoms with van der Waals surface area (Å²) in [5.74, 6) is -2.92. The van der Waals surface area contributed by atoms with E-state index in [1.807, 2.05) is 0 Å². The average molecular weight is 525 g/mol. The van der Waals surface area contributed by atoms with E-state index in [9.17, 15) is 23.9 Å². The van der Waals surface area contributed by atoms with Gasteiger partial charge in [0.15, 0.2) is 0 Å². The standard InChI is InChI=1S/C27H29FN4O6/c1-14-21(30-25(33)18-9-4-5-10-19(18)26(34)35)12-13-22(29-14)24-23(15(2)32-38-24)31-27(36)37-16(3)17-8-6-7-11-20(17)28/h6-8,11-13,16,18-19H,4-5,9-10H2,1-3H3,(H,30,33)(H,31,36)(H,34,35)/t16-,18+,19+/m1/s1. The second-order valence-corrected chi connectivity index (χ2v) is 9.32. The Morgan fingerprint density at radius 1 is 1.05 bits per heavy atom. The molecule has 10 nitrogen and oxygen atoms in total. The van der Waals surface area contributed by atoms with Crippen LogP contribution in [0.3, 0.4) is 0 Å². The van der Waals surface area contributed by atoms with E-state index in [1.54, 1.807) is 45.0 Å². The first-order chi connectivity index (χ1) is 18.2. The number of hydrogen-bond acceptors (Lipinski definition) is 7. The molecule has 1 saturated carbocycles. The van der Waals surface area contributed by atoms with Crippen LogP contribution in [0.5, 0.6) is 0 Å². The predicted molar refractivity (Wildman–Crippen MR) is 136 cm³/mol. The second kappa shape index (κ2) is 11.4. The summed E-state index contributed by atoms with van der Waals surface area (Å²) in [6, 6.07) is 9.25. The number of pyridine rings is 1. The van der Waals surface area contributed by atoms with Gasteiger partial charge < -0.3 is 19.7 Å². The highest BCUT2D eigenvalue weighted by Gasteiger charge is 2.36. The number of aliphatic carboxylic acids is 1. The summed E-state index contributed by atoms with van der Waals surface area (Å²) in [5, 5.41) is 18.8. The zero-order valence-corrected chi connectivity index (χ0v) is 21.3. The van der Waals surface area contributed by atoms with Gasteiger partial charge in [-0.2, -0.15) is 0 Å². The van der Waals surface area contributed by atoms with E-state index in [4.69, 9.17) is 9.26 Å². The van der Waals surface area contributed by atoms with E-state index in [0.29, 0.717) is 35.6 Å². The molecule has 4 rings (SSSR count). The molecule has 0 unspecified atom stereocenters. The van der Waals surface area contributed by atoms with Gasteiger partial charge in [-0.3, -0.25) is 14.9 Å². The quantitative estimate of drug-likeness (QED) is 0.361. The molecule has 0 radical (unpaired) electrons. The first-order valence-corrected chi connectivity index (χ1v) is 12.4. The van der Waals surface area contributed by atoms with Crippen LogP contribution in [-0.2, 0) is 14.3 Å². The highest BCUT2D eigenvalue weighted by molar-refractivity contribution is 5.96. The molecule has 2 heterocycles. The number of rotatable bonds is 7. The number of carbonyl (C=O) groups excluding carboxylic acids is 2. The number of carbonyl (C=O) groups is 3. The highest BCUT2D eigenvalue weighted by Crippen LogP contribution is 2.34. The molecule has 2 aromatic heterocycles. The van der Waals surface area contributed by atoms with Crippen LogP contribution in [0.25, 0.3) is 11.5 Å². The Balaban J connectivity index is 1.47. The van der Waals surface area contributed by atoms with E-state index < -0.39 is 35.8 Å². The second-order valence-electron chi connectivity index (χ2n) is 9.32. The number of aryl methyl sites for hydroxylation is 2. The van der Waals surface area contributed by atoms with Crippen molar-refractivity contribution >= 4 is 29.3 Å². The number of carboxylic acid groups (broad SMARTS) is 1. The largest absolute Gasteiger partial charge is 0.481 e. The number of ether oxygens (including phenoxy) is 1. The van der Waals surface area contributed by atoms with Crippen LogP contribution in [0.1, 0.15) is 55.7 Å². The van der Waals surface area contributed by atoms with Crippen LogP contribution in [0.2, 0.25) is 0 Å². The lowest BCUT2D eigenvalue weighted by molar-refractivity contribution is -0.147. The summed E-state index contributed by atoms with van der Waals surface area (Å²) < 4.78 is 24.8. The van der Waals surface area contributed by atoms with Gasteiger partial charge in [-0.15, -0.1) is 0 Å². The molecule has 3 aromatic rings. The normalized spacial score (nSPS) is 17.9. The number of carboxylic acids is 1. The lowest BCUT2D eigenvalue weighted by Gasteiger charge is -2.27. The minimum Gasteiger partial charge on any atom is -0.481 e. The Morgan fingerprint density at radius 2 is 1.76 bits per heavy atom. The number of amides is 2. The fourth-order valence-electron chi connectivity index (χ4n) is 4.64. The molecule has 3 N–H and O–H groups in total. The molecule has 1 aliphatic carbocycles. The molecule has 3 atom stereocenters. The van der Waals surface area contributed by atoms with Crippen molar-refractivity contribution in [2.45, 2.75) is 52.6 Å². The van der Waals surface area contributed by atoms with Crippen molar-refractivity contribution in [1.82, 2.24) is 10.1 Å². The van der Waals surface area contributed by atoms with Crippen molar-refractivity contribution < 1.29 is 33.1 Å². The van der Waals surface area contributed by atoms with Gasteiger partial charge >= 0.3 is 12.1 Å². The predicted octanol–water partition coefficient (Wildman–Crippen LogP) is 5.63. The first kappa shape index (κ1) is 26.8. The molecule has 1 fully saturated rings. The van der Waals surface area contributed by atoms with Gasteiger partial charge in [-0.05, 0) is 51.8 Å². The van der Waals surface area contributed by atoms with Gasteiger partial charge in [0.05, 0.1) is 23.2 Å². The summed E-state index contributed by atoms with van der Waals surface area (Å²) >= 11 is 0. The third-order valence-electron chi connectivity index (χ3n) is 6.71. The minimum atomic E-state index is -0.961. The van der Waals surface area contributed by atoms with Crippen molar-refractivity contribution in [3.63, 3.8) is 0 Å². The smallest absolute Gasteiger partial charge is 0.412 e. The fraction of sp³-hybridized carbons (Fsp3) is 0.370. The van der Waals surface area contributed by atoms with Crippen LogP contribution < -0.4 is 10.6 Å². The summed E-state index contributed by atoms with van der Waals surface area (Å²) in [6.45, 7) is 4.88. The molecular weight excluding hydrogens is 495 g/mol. The first-order valence-electron chi connectivity index (χ1n) is 12.4. The number of benzene rings is 1. The molecule has 0 aliphatic heterocycles. The van der Waals surface area contributed by atoms with E-state index in [1.165, 1.54) is 12.1 Å². The van der Waals surface area contributed by atoms with Gasteiger partial charge in [0.2, 0.25) is 11.7 Å². The SMILES string of the molecule is Cc1nc(-c2onc(C)c2NC(=O)O[C@H](C)c2ccccc2F)ccc1NC(=O)[C@H]1CCCC[C@@H]1C(=O)O. The summed E-state index contributed by atoms with van der Waals surface area (Å²) in [4.78, 5) is 41.5. The summed E-state index contributed by atoms with van der Waals surface area (Å²) in [5.41, 5.74) is 2.12. The van der Waals surface area contributed by atoms with E-state index in [2.05, 4.69) is 20.8 Å². The number of aromatic nitrogens is 2. The van der Waals surface area contributed by atoms with Crippen molar-refractivity contribution in [1.29, 1.82) is 0 Å². The molecule has 2 amide bonds. The lowest BCUT2D eigenvalue weighted by atomic mass is 9.78. The Hall–Kier alpha value is -4.28. The maximum Gasteiger partial charge on any atom is 0.412 e. The van der Waals surface area contributed by atoms with Crippen LogP contribution in [0.4, 0.5) is 20.6 Å². The Morgan fingerprint density at radius 3 is 2.45 bits per heavy atom. The molecule has 1 aromatic carbocycles. The fourth-order valence-corrected chi connectivity index (χ4v) is 4.64. The van der Waals surface area contributed by atoms with Gasteiger partial charge in [0, 0.05) is 5.56 Å². The number of nitrogens with one attached hydrogen (secondary N) is 2. The molecule has 1 aliphatic rings. The zero-order chi connectivity index (χ0) is 27.4. The monoisotopic (exact) mass is 524 g/mol. The van der Waals surface area contributed by atoms with Crippen LogP contribution in [0.15, 0.2) is 40.9 Å². The number of nitrogens with zero attached hydrogens (tertiary/aromatic N) is 2. The number of anilines is 2. The van der Waals surface area contributed by atoms with E-state index in [0.717, 1.165) is 12.8 Å². The Bertz CT molecular complexity index is 1360. The van der Waals surface area contributed by atoms with E-state index in [-0.39, 0.29) is 22.9 Å². The molecule has 38 heavy (non-hydrogen) atoms. The molecule has 0 spiro atoms. The van der Waals surface area contributed by atoms with E-state index >= 15 is 0 Å². The summed E-state index contributed by atoms with van der Waals surface area (Å²) in [6.07, 6.45) is 0.929. The van der Waals surface area contributed by atoms with Crippen LogP contribution in [0, 0.1) is 31.5 Å². The van der Waals surface area contributed by atoms with Crippen molar-refractivity contribution in [2.24, 2.45) is 11.8 Å². The van der Waals surface area contributed by atoms with Crippen LogP contribution >= 0.6 is 0 Å². The lowest BCUT2D eigenvalue weighted by Crippen LogP contribution is -2.36. The summed E-state index contributed by atoms with van der Waals surface area (Å²) in [7, 11) is 0. The average Bonchev–Trinajstić information content (AvgIpc) is 3.24. The molecule has 11 heteroatoms. The highest BCUT2D eigenvalue weighted by atomic mass is 19.1. The third-order valence-corrected chi connectivity index (χ3v) is 6.71. The molecular formula is C27H29FN4O6. The van der Waals surface area contributed by atoms with Gasteiger partial charge in [-0.1, -0.05) is 36.2 Å². The minimum absolute atomic E-state index is 0.178. The maximum absolute atomic E-state index is 14.0. The van der Waals surface area contributed by atoms with Crippen molar-refractivity contribution in [3.8, 4) is 11.5 Å². The van der Waals surface area contributed by atoms with Crippen LogP contribution in [-0.4, -0.2) is 33.2 Å².